The van der Waals surface area contributed by atoms with Gasteiger partial charge in [-0.3, -0.25) is 4.18 Å². The van der Waals surface area contributed by atoms with Crippen LogP contribution in [0, 0.1) is 0 Å². The van der Waals surface area contributed by atoms with Crippen molar-refractivity contribution < 1.29 is 12.6 Å². The summed E-state index contributed by atoms with van der Waals surface area (Å²) in [6, 6.07) is 0.0882. The van der Waals surface area contributed by atoms with Crippen LogP contribution in [0.25, 0.3) is 0 Å². The van der Waals surface area contributed by atoms with Crippen LogP contribution in [0.5, 0.6) is 0 Å². The number of hydrogen-bond acceptors (Lipinski definition) is 3. The minimum atomic E-state index is -3.48. The third kappa shape index (κ3) is 5.68. The molecule has 80 valence electrons. The minimum absolute atomic E-state index is 0. The van der Waals surface area contributed by atoms with Crippen molar-refractivity contribution in [3.63, 3.8) is 0 Å². The van der Waals surface area contributed by atoms with Crippen LogP contribution in [0.2, 0.25) is 0 Å². The van der Waals surface area contributed by atoms with Crippen LogP contribution in [-0.2, 0) is 14.5 Å². The molecular formula is C8H18NNaO3S. The van der Waals surface area contributed by atoms with Crippen LogP contribution in [0.4, 0.5) is 0 Å². The van der Waals surface area contributed by atoms with Gasteiger partial charge in [0.15, 0.2) is 0 Å². The third-order valence-corrected chi connectivity index (χ3v) is 3.36. The summed E-state index contributed by atoms with van der Waals surface area (Å²) in [5.74, 6) is 0. The molecule has 0 radical (unpaired) electrons. The molecule has 0 bridgehead atoms. The SMILES string of the molecule is CCOS(=O)(=O)NC1CCCCC1.[NaH]. The molecular weight excluding hydrogens is 213 g/mol. The van der Waals surface area contributed by atoms with Crippen molar-refractivity contribution in [3.05, 3.63) is 0 Å². The number of nitrogens with one attached hydrogen (secondary N) is 1. The van der Waals surface area contributed by atoms with Gasteiger partial charge in [0.25, 0.3) is 0 Å². The van der Waals surface area contributed by atoms with Gasteiger partial charge in [-0.1, -0.05) is 19.3 Å². The fourth-order valence-corrected chi connectivity index (χ4v) is 2.64. The van der Waals surface area contributed by atoms with E-state index in [1.807, 2.05) is 0 Å². The summed E-state index contributed by atoms with van der Waals surface area (Å²) in [5, 5.41) is 0. The Labute approximate surface area is 108 Å². The predicted octanol–water partition coefficient (Wildman–Crippen LogP) is 0.541. The molecule has 0 aromatic carbocycles. The normalized spacial score (nSPS) is 18.9. The second kappa shape index (κ2) is 7.19. The Bertz CT molecular complexity index is 237. The molecule has 0 heterocycles. The first kappa shape index (κ1) is 14.9. The van der Waals surface area contributed by atoms with Crippen LogP contribution in [-0.4, -0.2) is 50.6 Å². The third-order valence-electron chi connectivity index (χ3n) is 2.19. The average molecular weight is 231 g/mol. The van der Waals surface area contributed by atoms with E-state index < -0.39 is 10.3 Å². The summed E-state index contributed by atoms with van der Waals surface area (Å²) in [6.07, 6.45) is 5.31. The molecule has 0 spiro atoms. The predicted molar refractivity (Wildman–Crippen MR) is 57.7 cm³/mol. The van der Waals surface area contributed by atoms with E-state index in [2.05, 4.69) is 8.91 Å². The fourth-order valence-electron chi connectivity index (χ4n) is 1.61. The van der Waals surface area contributed by atoms with Crippen LogP contribution in [0.3, 0.4) is 0 Å². The Kier molecular flexibility index (Phi) is 7.64. The van der Waals surface area contributed by atoms with Gasteiger partial charge in [-0.15, -0.1) is 0 Å². The molecule has 1 saturated carbocycles. The van der Waals surface area contributed by atoms with E-state index >= 15 is 0 Å². The average Bonchev–Trinajstić information content (AvgIpc) is 2.04. The number of rotatable bonds is 4. The van der Waals surface area contributed by atoms with Crippen molar-refractivity contribution in [2.24, 2.45) is 0 Å². The molecule has 0 atom stereocenters. The maximum absolute atomic E-state index is 11.2. The van der Waals surface area contributed by atoms with Crippen LogP contribution in [0.15, 0.2) is 0 Å². The first-order valence-corrected chi connectivity index (χ1v) is 6.21. The summed E-state index contributed by atoms with van der Waals surface area (Å²) in [5.41, 5.74) is 0. The number of hydrogen-bond donors (Lipinski definition) is 1. The van der Waals surface area contributed by atoms with Gasteiger partial charge in [0.1, 0.15) is 0 Å². The van der Waals surface area contributed by atoms with Crippen LogP contribution in [0.1, 0.15) is 39.0 Å². The van der Waals surface area contributed by atoms with E-state index in [9.17, 15) is 8.42 Å². The zero-order chi connectivity index (χ0) is 9.73. The second-order valence-electron chi connectivity index (χ2n) is 3.31. The topological polar surface area (TPSA) is 55.4 Å². The molecule has 0 aliphatic heterocycles. The van der Waals surface area contributed by atoms with E-state index in [1.165, 1.54) is 6.42 Å². The first-order chi connectivity index (χ1) is 6.14. The quantitative estimate of drug-likeness (QED) is 0.718. The van der Waals surface area contributed by atoms with E-state index in [-0.39, 0.29) is 42.2 Å². The summed E-state index contributed by atoms with van der Waals surface area (Å²) < 4.78 is 29.5. The van der Waals surface area contributed by atoms with Crippen molar-refractivity contribution >= 4 is 39.9 Å². The van der Waals surface area contributed by atoms with Gasteiger partial charge >= 0.3 is 39.9 Å². The molecule has 1 aliphatic rings. The zero-order valence-corrected chi connectivity index (χ0v) is 8.77. The molecule has 1 fully saturated rings. The molecule has 0 aromatic rings. The fraction of sp³-hybridized carbons (Fsp3) is 1.00. The molecule has 0 saturated heterocycles. The van der Waals surface area contributed by atoms with Crippen LogP contribution < -0.4 is 4.72 Å². The standard InChI is InChI=1S/C8H17NO3S.Na.H/c1-2-12-13(10,11)9-8-6-4-3-5-7-8;;/h8-9H,2-7H2,1H3;;. The second-order valence-corrected chi connectivity index (χ2v) is 4.69. The van der Waals surface area contributed by atoms with Crippen molar-refractivity contribution in [3.8, 4) is 0 Å². The molecule has 0 unspecified atom stereocenters. The molecule has 14 heavy (non-hydrogen) atoms. The van der Waals surface area contributed by atoms with Crippen molar-refractivity contribution in [1.29, 1.82) is 0 Å². The molecule has 6 heteroatoms. The van der Waals surface area contributed by atoms with Gasteiger partial charge in [-0.2, -0.15) is 13.1 Å². The van der Waals surface area contributed by atoms with Gasteiger partial charge in [0.2, 0.25) is 0 Å². The van der Waals surface area contributed by atoms with Gasteiger partial charge < -0.3 is 0 Å². The summed E-state index contributed by atoms with van der Waals surface area (Å²) in [4.78, 5) is 0. The van der Waals surface area contributed by atoms with Crippen molar-refractivity contribution in [1.82, 2.24) is 4.72 Å². The summed E-state index contributed by atoms with van der Waals surface area (Å²) >= 11 is 0. The van der Waals surface area contributed by atoms with Gasteiger partial charge in [0, 0.05) is 6.04 Å². The van der Waals surface area contributed by atoms with E-state index in [1.54, 1.807) is 6.92 Å². The van der Waals surface area contributed by atoms with E-state index in [4.69, 9.17) is 0 Å². The first-order valence-electron chi connectivity index (χ1n) is 4.81. The molecule has 0 amide bonds. The van der Waals surface area contributed by atoms with Gasteiger partial charge in [-0.25, -0.2) is 0 Å². The Hall–Kier alpha value is 0.870. The van der Waals surface area contributed by atoms with Gasteiger partial charge in [0.05, 0.1) is 6.61 Å². The molecule has 1 rings (SSSR count). The Morgan fingerprint density at radius 3 is 2.36 bits per heavy atom. The Morgan fingerprint density at radius 1 is 1.29 bits per heavy atom. The summed E-state index contributed by atoms with van der Waals surface area (Å²) in [6.45, 7) is 1.86. The summed E-state index contributed by atoms with van der Waals surface area (Å²) in [7, 11) is -3.48. The van der Waals surface area contributed by atoms with Crippen LogP contribution >= 0.6 is 0 Å². The van der Waals surface area contributed by atoms with E-state index in [0.29, 0.717) is 0 Å². The Balaban J connectivity index is 0.00000169. The van der Waals surface area contributed by atoms with Crippen molar-refractivity contribution in [2.45, 2.75) is 45.1 Å². The van der Waals surface area contributed by atoms with Gasteiger partial charge in [-0.05, 0) is 19.8 Å². The monoisotopic (exact) mass is 231 g/mol. The van der Waals surface area contributed by atoms with E-state index in [0.717, 1.165) is 25.7 Å². The molecule has 4 nitrogen and oxygen atoms in total. The molecule has 0 aromatic heterocycles. The Morgan fingerprint density at radius 2 is 1.86 bits per heavy atom. The molecule has 1 aliphatic carbocycles. The molecule has 1 N–H and O–H groups in total. The maximum atomic E-state index is 11.2. The zero-order valence-electron chi connectivity index (χ0n) is 7.95. The van der Waals surface area contributed by atoms with Crippen molar-refractivity contribution in [2.75, 3.05) is 6.61 Å².